The number of piperazine rings is 1. The van der Waals surface area contributed by atoms with Crippen LogP contribution in [0.25, 0.3) is 17.2 Å². The van der Waals surface area contributed by atoms with E-state index in [9.17, 15) is 35.9 Å². The number of carboxylic acids is 1. The number of thiocarbonyl (C=S) groups is 1. The van der Waals surface area contributed by atoms with E-state index in [4.69, 9.17) is 17.3 Å². The third kappa shape index (κ3) is 8.18. The molecule has 234 valence electrons. The molecule has 0 saturated carbocycles. The third-order valence-corrected chi connectivity index (χ3v) is 9.83. The fraction of sp³-hybridized carbons (Fsp3) is 0.464. The Labute approximate surface area is 258 Å². The summed E-state index contributed by atoms with van der Waals surface area (Å²) < 4.78 is 81.7. The maximum absolute atomic E-state index is 13.6. The third-order valence-electron chi connectivity index (χ3n) is 6.94. The number of benzene rings is 1. The van der Waals surface area contributed by atoms with Crippen molar-refractivity contribution >= 4 is 57.6 Å². The molecule has 0 aliphatic carbocycles. The van der Waals surface area contributed by atoms with Crippen molar-refractivity contribution in [1.29, 1.82) is 0 Å². The molecule has 2 fully saturated rings. The van der Waals surface area contributed by atoms with Crippen molar-refractivity contribution in [3.8, 4) is 11.1 Å². The minimum atomic E-state index is -4.98. The summed E-state index contributed by atoms with van der Waals surface area (Å²) in [4.78, 5) is 31.0. The van der Waals surface area contributed by atoms with Crippen molar-refractivity contribution in [1.82, 2.24) is 14.7 Å². The van der Waals surface area contributed by atoms with Gasteiger partial charge in [-0.1, -0.05) is 44.8 Å². The first kappa shape index (κ1) is 33.4. The summed E-state index contributed by atoms with van der Waals surface area (Å²) in [6.45, 7) is 8.76. The Morgan fingerprint density at radius 2 is 1.49 bits per heavy atom. The van der Waals surface area contributed by atoms with Gasteiger partial charge in [-0.25, -0.2) is 0 Å². The zero-order valence-corrected chi connectivity index (χ0v) is 25.9. The zero-order chi connectivity index (χ0) is 31.9. The SMILES string of the molecule is CC(C)(C)c1sc(C=C2SC(=S)N(CCN3CCN(CC(=O)O)CC3)C2=O)cc1-c1cc(C(F)(F)F)cc(C(F)(F)F)c1. The lowest BCUT2D eigenvalue weighted by atomic mass is 9.88. The smallest absolute Gasteiger partial charge is 0.416 e. The minimum absolute atomic E-state index is 0.0219. The van der Waals surface area contributed by atoms with Gasteiger partial charge in [0.1, 0.15) is 4.32 Å². The summed E-state index contributed by atoms with van der Waals surface area (Å²) in [5.74, 6) is -1.21. The topological polar surface area (TPSA) is 64.1 Å². The molecule has 0 bridgehead atoms. The van der Waals surface area contributed by atoms with Crippen LogP contribution in [0.4, 0.5) is 26.3 Å². The highest BCUT2D eigenvalue weighted by Crippen LogP contribution is 2.45. The van der Waals surface area contributed by atoms with Crippen LogP contribution in [0, 0.1) is 0 Å². The lowest BCUT2D eigenvalue weighted by Crippen LogP contribution is -2.49. The van der Waals surface area contributed by atoms with Crippen molar-refractivity contribution in [2.75, 3.05) is 45.8 Å². The molecule has 1 N–H and O–H groups in total. The predicted molar refractivity (Wildman–Crippen MR) is 159 cm³/mol. The van der Waals surface area contributed by atoms with E-state index in [1.807, 2.05) is 25.7 Å². The number of carboxylic acid groups (broad SMARTS) is 1. The highest BCUT2D eigenvalue weighted by molar-refractivity contribution is 8.26. The maximum atomic E-state index is 13.6. The van der Waals surface area contributed by atoms with Crippen LogP contribution in [0.15, 0.2) is 29.2 Å². The second-order valence-electron chi connectivity index (χ2n) is 11.3. The molecule has 43 heavy (non-hydrogen) atoms. The molecular formula is C28H29F6N3O3S3. The van der Waals surface area contributed by atoms with Gasteiger partial charge in [-0.15, -0.1) is 11.3 Å². The van der Waals surface area contributed by atoms with Crippen molar-refractivity contribution in [3.05, 3.63) is 50.1 Å². The number of carbonyl (C=O) groups is 2. The molecule has 1 amide bonds. The molecule has 2 aliphatic heterocycles. The number of hydrogen-bond acceptors (Lipinski definition) is 7. The summed E-state index contributed by atoms with van der Waals surface area (Å²) in [7, 11) is 0. The van der Waals surface area contributed by atoms with Gasteiger partial charge in [0.2, 0.25) is 0 Å². The van der Waals surface area contributed by atoms with Crippen LogP contribution in [0.1, 0.15) is 41.7 Å². The van der Waals surface area contributed by atoms with Crippen LogP contribution < -0.4 is 0 Å². The molecule has 2 saturated heterocycles. The summed E-state index contributed by atoms with van der Waals surface area (Å²) in [5, 5.41) is 8.96. The molecule has 1 aromatic carbocycles. The average Bonchev–Trinajstić information content (AvgIpc) is 3.43. The minimum Gasteiger partial charge on any atom is -0.480 e. The first-order chi connectivity index (χ1) is 19.8. The van der Waals surface area contributed by atoms with Crippen molar-refractivity contribution in [3.63, 3.8) is 0 Å². The molecule has 4 rings (SSSR count). The van der Waals surface area contributed by atoms with E-state index in [1.54, 1.807) is 6.08 Å². The van der Waals surface area contributed by atoms with Gasteiger partial charge in [0.25, 0.3) is 5.91 Å². The number of hydrogen-bond donors (Lipinski definition) is 1. The Kier molecular flexibility index (Phi) is 9.72. The van der Waals surface area contributed by atoms with Gasteiger partial charge in [0.15, 0.2) is 0 Å². The largest absolute Gasteiger partial charge is 0.480 e. The number of rotatable bonds is 7. The Morgan fingerprint density at radius 1 is 0.930 bits per heavy atom. The van der Waals surface area contributed by atoms with Crippen molar-refractivity contribution in [2.45, 2.75) is 38.5 Å². The van der Waals surface area contributed by atoms with Crippen LogP contribution in [-0.4, -0.2) is 81.8 Å². The highest BCUT2D eigenvalue weighted by atomic mass is 32.2. The van der Waals surface area contributed by atoms with Crippen molar-refractivity contribution in [2.24, 2.45) is 0 Å². The lowest BCUT2D eigenvalue weighted by molar-refractivity contribution is -0.143. The average molecular weight is 666 g/mol. The standard InChI is InChI=1S/C28H29F6N3O3S3/c1-26(2,3)23-20(16-10-17(27(29,30)31)12-18(11-16)28(32,33)34)13-19(42-23)14-21-24(40)37(25(41)43-21)9-8-35-4-6-36(7-5-35)15-22(38)39/h10-14H,4-9,15H2,1-3H3,(H,38,39). The number of carbonyl (C=O) groups excluding carboxylic acids is 1. The van der Waals surface area contributed by atoms with E-state index in [-0.39, 0.29) is 29.6 Å². The van der Waals surface area contributed by atoms with Crippen molar-refractivity contribution < 1.29 is 41.0 Å². The summed E-state index contributed by atoms with van der Waals surface area (Å²) in [5.41, 5.74) is -3.38. The summed E-state index contributed by atoms with van der Waals surface area (Å²) >= 11 is 7.72. The van der Waals surface area contributed by atoms with E-state index >= 15 is 0 Å². The maximum Gasteiger partial charge on any atom is 0.416 e. The number of nitrogens with zero attached hydrogens (tertiary/aromatic N) is 3. The van der Waals surface area contributed by atoms with Gasteiger partial charge in [-0.2, -0.15) is 26.3 Å². The van der Waals surface area contributed by atoms with Gasteiger partial charge in [0, 0.05) is 49.0 Å². The lowest BCUT2D eigenvalue weighted by Gasteiger charge is -2.34. The molecule has 2 aliphatic rings. The molecule has 2 aromatic rings. The first-order valence-corrected chi connectivity index (χ1v) is 15.2. The molecular weight excluding hydrogens is 637 g/mol. The zero-order valence-electron chi connectivity index (χ0n) is 23.4. The van der Waals surface area contributed by atoms with Crippen LogP contribution in [-0.2, 0) is 27.4 Å². The van der Waals surface area contributed by atoms with E-state index < -0.39 is 34.9 Å². The van der Waals surface area contributed by atoms with E-state index in [0.717, 1.165) is 23.9 Å². The van der Waals surface area contributed by atoms with Gasteiger partial charge in [0.05, 0.1) is 22.6 Å². The van der Waals surface area contributed by atoms with Gasteiger partial charge in [-0.05, 0) is 46.9 Å². The molecule has 1 aromatic heterocycles. The molecule has 6 nitrogen and oxygen atoms in total. The van der Waals surface area contributed by atoms with Gasteiger partial charge >= 0.3 is 18.3 Å². The predicted octanol–water partition coefficient (Wildman–Crippen LogP) is 6.65. The number of alkyl halides is 6. The quantitative estimate of drug-likeness (QED) is 0.202. The van der Waals surface area contributed by atoms with Crippen LogP contribution in [0.2, 0.25) is 0 Å². The molecule has 0 radical (unpaired) electrons. The Morgan fingerprint density at radius 3 is 2.00 bits per heavy atom. The first-order valence-electron chi connectivity index (χ1n) is 13.2. The Balaban J connectivity index is 1.58. The van der Waals surface area contributed by atoms with E-state index in [1.165, 1.54) is 22.3 Å². The monoisotopic (exact) mass is 665 g/mol. The highest BCUT2D eigenvalue weighted by Gasteiger charge is 2.38. The molecule has 0 unspecified atom stereocenters. The number of halogens is 6. The van der Waals surface area contributed by atoms with Crippen LogP contribution in [0.3, 0.4) is 0 Å². The molecule has 0 atom stereocenters. The summed E-state index contributed by atoms with van der Waals surface area (Å²) in [6.07, 6.45) is -8.38. The fourth-order valence-electron chi connectivity index (χ4n) is 4.79. The van der Waals surface area contributed by atoms with E-state index in [0.29, 0.717) is 58.2 Å². The Bertz CT molecular complexity index is 1410. The normalized spacial score (nSPS) is 18.7. The number of thioether (sulfide) groups is 1. The van der Waals surface area contributed by atoms with Gasteiger partial charge < -0.3 is 5.11 Å². The van der Waals surface area contributed by atoms with E-state index in [2.05, 4.69) is 4.90 Å². The Hall–Kier alpha value is -2.46. The van der Waals surface area contributed by atoms with Crippen LogP contribution in [0.5, 0.6) is 0 Å². The number of aliphatic carboxylic acids is 1. The van der Waals surface area contributed by atoms with Crippen LogP contribution >= 0.6 is 35.3 Å². The fourth-order valence-corrected chi connectivity index (χ4v) is 7.35. The second kappa shape index (κ2) is 12.5. The summed E-state index contributed by atoms with van der Waals surface area (Å²) in [6, 6.07) is 3.06. The molecule has 0 spiro atoms. The number of amides is 1. The number of thiophene rings is 1. The second-order valence-corrected chi connectivity index (χ2v) is 14.0. The molecule has 15 heteroatoms. The van der Waals surface area contributed by atoms with Gasteiger partial charge in [-0.3, -0.25) is 24.3 Å². The molecule has 3 heterocycles.